The Labute approximate surface area is 132 Å². The summed E-state index contributed by atoms with van der Waals surface area (Å²) in [4.78, 5) is 13.9. The molecule has 1 amide bonds. The standard InChI is InChI=1S/C18H25NO3/c20-15-12-18(21)19(13-15)16-8-4-5-9-17(16)22-11-10-14-6-2-1-3-7-14/h1-3,6-7,15-17,20H,4-5,8-13H2/t15-,16?,17-/m0/s1. The molecule has 120 valence electrons. The summed E-state index contributed by atoms with van der Waals surface area (Å²) < 4.78 is 6.12. The number of hydrogen-bond donors (Lipinski definition) is 1. The molecular formula is C18H25NO3. The van der Waals surface area contributed by atoms with Gasteiger partial charge in [0.25, 0.3) is 0 Å². The van der Waals surface area contributed by atoms with Crippen LogP contribution >= 0.6 is 0 Å². The number of hydrogen-bond acceptors (Lipinski definition) is 3. The SMILES string of the molecule is O=C1C[C@H](O)CN1C1CCCC[C@@H]1OCCc1ccccc1. The van der Waals surface area contributed by atoms with E-state index in [2.05, 4.69) is 12.1 Å². The van der Waals surface area contributed by atoms with Crippen LogP contribution < -0.4 is 0 Å². The van der Waals surface area contributed by atoms with Gasteiger partial charge in [-0.1, -0.05) is 43.2 Å². The van der Waals surface area contributed by atoms with Gasteiger partial charge in [-0.05, 0) is 24.8 Å². The number of amides is 1. The Balaban J connectivity index is 1.55. The van der Waals surface area contributed by atoms with Crippen LogP contribution in [0.2, 0.25) is 0 Å². The molecule has 0 spiro atoms. The first-order chi connectivity index (χ1) is 10.7. The third kappa shape index (κ3) is 3.68. The Morgan fingerprint density at radius 3 is 2.68 bits per heavy atom. The first kappa shape index (κ1) is 15.5. The molecule has 0 aromatic heterocycles. The van der Waals surface area contributed by atoms with E-state index in [0.717, 1.165) is 32.1 Å². The van der Waals surface area contributed by atoms with Crippen molar-refractivity contribution in [3.63, 3.8) is 0 Å². The number of ether oxygens (including phenoxy) is 1. The minimum Gasteiger partial charge on any atom is -0.391 e. The monoisotopic (exact) mass is 303 g/mol. The molecular weight excluding hydrogens is 278 g/mol. The van der Waals surface area contributed by atoms with Gasteiger partial charge in [0.15, 0.2) is 0 Å². The van der Waals surface area contributed by atoms with Gasteiger partial charge in [0.2, 0.25) is 5.91 Å². The maximum atomic E-state index is 12.0. The van der Waals surface area contributed by atoms with Crippen molar-refractivity contribution in [3.05, 3.63) is 35.9 Å². The second kappa shape index (κ2) is 7.25. The number of aliphatic hydroxyl groups is 1. The topological polar surface area (TPSA) is 49.8 Å². The van der Waals surface area contributed by atoms with Crippen LogP contribution in [0.3, 0.4) is 0 Å². The molecule has 2 fully saturated rings. The van der Waals surface area contributed by atoms with Gasteiger partial charge in [0, 0.05) is 6.54 Å². The summed E-state index contributed by atoms with van der Waals surface area (Å²) >= 11 is 0. The Kier molecular flexibility index (Phi) is 5.11. The zero-order valence-corrected chi connectivity index (χ0v) is 13.0. The molecule has 0 radical (unpaired) electrons. The average Bonchev–Trinajstić information content (AvgIpc) is 2.87. The average molecular weight is 303 g/mol. The molecule has 1 aromatic rings. The van der Waals surface area contributed by atoms with Gasteiger partial charge in [-0.2, -0.15) is 0 Å². The number of aliphatic hydroxyl groups excluding tert-OH is 1. The van der Waals surface area contributed by atoms with Crippen molar-refractivity contribution in [2.24, 2.45) is 0 Å². The largest absolute Gasteiger partial charge is 0.391 e. The molecule has 4 nitrogen and oxygen atoms in total. The Bertz CT molecular complexity index is 490. The Hall–Kier alpha value is -1.39. The highest BCUT2D eigenvalue weighted by molar-refractivity contribution is 5.79. The lowest BCUT2D eigenvalue weighted by Gasteiger charge is -2.37. The van der Waals surface area contributed by atoms with Crippen molar-refractivity contribution in [1.82, 2.24) is 4.90 Å². The number of carbonyl (C=O) groups excluding carboxylic acids is 1. The van der Waals surface area contributed by atoms with Crippen LogP contribution in [0.4, 0.5) is 0 Å². The molecule has 22 heavy (non-hydrogen) atoms. The predicted molar refractivity (Wildman–Crippen MR) is 84.5 cm³/mol. The van der Waals surface area contributed by atoms with Crippen LogP contribution in [-0.4, -0.2) is 47.3 Å². The van der Waals surface area contributed by atoms with Crippen LogP contribution in [0.25, 0.3) is 0 Å². The highest BCUT2D eigenvalue weighted by atomic mass is 16.5. The van der Waals surface area contributed by atoms with Gasteiger partial charge in [0.05, 0.1) is 31.3 Å². The van der Waals surface area contributed by atoms with E-state index in [1.165, 1.54) is 5.56 Å². The molecule has 1 heterocycles. The highest BCUT2D eigenvalue weighted by Crippen LogP contribution is 2.29. The normalized spacial score (nSPS) is 29.0. The fraction of sp³-hybridized carbons (Fsp3) is 0.611. The van der Waals surface area contributed by atoms with Crippen molar-refractivity contribution < 1.29 is 14.6 Å². The van der Waals surface area contributed by atoms with Crippen molar-refractivity contribution >= 4 is 5.91 Å². The van der Waals surface area contributed by atoms with E-state index >= 15 is 0 Å². The summed E-state index contributed by atoms with van der Waals surface area (Å²) in [6.07, 6.45) is 5.10. The third-order valence-corrected chi connectivity index (χ3v) is 4.77. The van der Waals surface area contributed by atoms with E-state index in [4.69, 9.17) is 4.74 Å². The fourth-order valence-electron chi connectivity index (χ4n) is 3.63. The Morgan fingerprint density at radius 2 is 1.95 bits per heavy atom. The van der Waals surface area contributed by atoms with Gasteiger partial charge in [-0.15, -0.1) is 0 Å². The van der Waals surface area contributed by atoms with Gasteiger partial charge in [-0.25, -0.2) is 0 Å². The summed E-state index contributed by atoms with van der Waals surface area (Å²) in [5.74, 6) is 0.0797. The maximum absolute atomic E-state index is 12.0. The van der Waals surface area contributed by atoms with E-state index in [-0.39, 0.29) is 24.5 Å². The smallest absolute Gasteiger partial charge is 0.225 e. The van der Waals surface area contributed by atoms with E-state index in [1.807, 2.05) is 23.1 Å². The number of carbonyl (C=O) groups is 1. The predicted octanol–water partition coefficient (Wildman–Crippen LogP) is 2.15. The lowest BCUT2D eigenvalue weighted by atomic mass is 9.91. The maximum Gasteiger partial charge on any atom is 0.225 e. The summed E-state index contributed by atoms with van der Waals surface area (Å²) in [6, 6.07) is 10.5. The van der Waals surface area contributed by atoms with Crippen LogP contribution in [0.5, 0.6) is 0 Å². The molecule has 1 saturated carbocycles. The third-order valence-electron chi connectivity index (χ3n) is 4.77. The van der Waals surface area contributed by atoms with Crippen LogP contribution in [-0.2, 0) is 16.0 Å². The summed E-state index contributed by atoms with van der Waals surface area (Å²) in [6.45, 7) is 1.16. The lowest BCUT2D eigenvalue weighted by Crippen LogP contribution is -2.47. The van der Waals surface area contributed by atoms with Gasteiger partial charge in [-0.3, -0.25) is 4.79 Å². The van der Waals surface area contributed by atoms with Gasteiger partial charge >= 0.3 is 0 Å². The van der Waals surface area contributed by atoms with Crippen molar-refractivity contribution in [2.45, 2.75) is 56.8 Å². The molecule has 1 aromatic carbocycles. The minimum absolute atomic E-state index is 0.0797. The van der Waals surface area contributed by atoms with E-state index in [9.17, 15) is 9.90 Å². The van der Waals surface area contributed by atoms with E-state index in [1.54, 1.807) is 0 Å². The molecule has 0 bridgehead atoms. The summed E-state index contributed by atoms with van der Waals surface area (Å²) in [5, 5.41) is 9.71. The number of nitrogens with zero attached hydrogens (tertiary/aromatic N) is 1. The molecule has 3 rings (SSSR count). The number of rotatable bonds is 5. The van der Waals surface area contributed by atoms with Crippen LogP contribution in [0, 0.1) is 0 Å². The molecule has 1 unspecified atom stereocenters. The van der Waals surface area contributed by atoms with E-state index in [0.29, 0.717) is 13.2 Å². The number of benzene rings is 1. The van der Waals surface area contributed by atoms with Gasteiger partial charge < -0.3 is 14.7 Å². The van der Waals surface area contributed by atoms with E-state index < -0.39 is 6.10 Å². The number of β-amino-alcohol motifs (C(OH)–C–C–N with tert-alkyl or cyclic N) is 1. The fourth-order valence-corrected chi connectivity index (χ4v) is 3.63. The van der Waals surface area contributed by atoms with Crippen LogP contribution in [0.15, 0.2) is 30.3 Å². The van der Waals surface area contributed by atoms with Crippen molar-refractivity contribution in [2.75, 3.05) is 13.2 Å². The van der Waals surface area contributed by atoms with Crippen molar-refractivity contribution in [3.8, 4) is 0 Å². The zero-order valence-electron chi connectivity index (χ0n) is 13.0. The zero-order chi connectivity index (χ0) is 15.4. The highest BCUT2D eigenvalue weighted by Gasteiger charge is 2.38. The van der Waals surface area contributed by atoms with Gasteiger partial charge in [0.1, 0.15) is 0 Å². The molecule has 1 saturated heterocycles. The quantitative estimate of drug-likeness (QED) is 0.907. The van der Waals surface area contributed by atoms with Crippen LogP contribution in [0.1, 0.15) is 37.7 Å². The second-order valence-electron chi connectivity index (χ2n) is 6.40. The molecule has 3 atom stereocenters. The first-order valence-corrected chi connectivity index (χ1v) is 8.37. The summed E-state index contributed by atoms with van der Waals surface area (Å²) in [7, 11) is 0. The molecule has 2 aliphatic rings. The minimum atomic E-state index is -0.501. The molecule has 1 aliphatic carbocycles. The Morgan fingerprint density at radius 1 is 1.18 bits per heavy atom. The molecule has 1 N–H and O–H groups in total. The summed E-state index contributed by atoms with van der Waals surface area (Å²) in [5.41, 5.74) is 1.28. The molecule has 4 heteroatoms. The second-order valence-corrected chi connectivity index (χ2v) is 6.40. The molecule has 1 aliphatic heterocycles. The van der Waals surface area contributed by atoms with Crippen molar-refractivity contribution in [1.29, 1.82) is 0 Å². The first-order valence-electron chi connectivity index (χ1n) is 8.37. The lowest BCUT2D eigenvalue weighted by molar-refractivity contribution is -0.134. The number of likely N-dealkylation sites (tertiary alicyclic amines) is 1.